The molecule has 0 bridgehead atoms. The quantitative estimate of drug-likeness (QED) is 0.574. The molecule has 0 radical (unpaired) electrons. The summed E-state index contributed by atoms with van der Waals surface area (Å²) in [6.45, 7) is 3.68. The topological polar surface area (TPSA) is 71.1 Å². The molecule has 0 amide bonds. The fraction of sp³-hybridized carbons (Fsp3) is 0.353. The van der Waals surface area contributed by atoms with Gasteiger partial charge in [0.1, 0.15) is 6.10 Å². The molecule has 0 spiro atoms. The lowest BCUT2D eigenvalue weighted by atomic mass is 9.95. The van der Waals surface area contributed by atoms with Crippen molar-refractivity contribution < 1.29 is 27.9 Å². The minimum Gasteiger partial charge on any atom is -0.478 e. The van der Waals surface area contributed by atoms with E-state index >= 15 is 0 Å². The Hall–Kier alpha value is -1.88. The third-order valence-corrected chi connectivity index (χ3v) is 5.33. The summed E-state index contributed by atoms with van der Waals surface area (Å²) in [5, 5.41) is 0. The van der Waals surface area contributed by atoms with Crippen LogP contribution in [0.1, 0.15) is 19.4 Å². The molecule has 0 saturated heterocycles. The van der Waals surface area contributed by atoms with Gasteiger partial charge < -0.3 is 18.5 Å². The van der Waals surface area contributed by atoms with Crippen molar-refractivity contribution in [2.45, 2.75) is 20.0 Å². The third kappa shape index (κ3) is 3.61. The largest absolute Gasteiger partial charge is 0.478 e. The van der Waals surface area contributed by atoms with Gasteiger partial charge in [-0.1, -0.05) is 30.3 Å². The standard InChI is InChI=1S/C17H21O6P/c1-5-22-17(18)16-12(2)23-15(24(19,20-3)21-4)11-14(16)13-9-7-6-8-10-13/h6-12H,5H2,1-4H3. The molecule has 1 heterocycles. The molecule has 6 nitrogen and oxygen atoms in total. The number of allylic oxidation sites excluding steroid dienone is 2. The number of rotatable bonds is 6. The van der Waals surface area contributed by atoms with Crippen molar-refractivity contribution in [3.05, 3.63) is 53.0 Å². The number of carbonyl (C=O) groups is 1. The molecule has 0 aliphatic carbocycles. The second kappa shape index (κ2) is 7.79. The van der Waals surface area contributed by atoms with Gasteiger partial charge in [0, 0.05) is 14.2 Å². The molecule has 0 aromatic heterocycles. The zero-order chi connectivity index (χ0) is 17.7. The van der Waals surface area contributed by atoms with E-state index in [0.717, 1.165) is 5.56 Å². The number of esters is 1. The minimum atomic E-state index is -3.57. The van der Waals surface area contributed by atoms with E-state index in [-0.39, 0.29) is 12.1 Å². The number of carbonyl (C=O) groups excluding carboxylic acids is 1. The lowest BCUT2D eigenvalue weighted by Gasteiger charge is -2.28. The van der Waals surface area contributed by atoms with Crippen molar-refractivity contribution in [2.24, 2.45) is 0 Å². The molecular weight excluding hydrogens is 331 g/mol. The smallest absolute Gasteiger partial charge is 0.395 e. The highest BCUT2D eigenvalue weighted by atomic mass is 31.2. The second-order valence-corrected chi connectivity index (χ2v) is 7.19. The Kier molecular flexibility index (Phi) is 5.99. The lowest BCUT2D eigenvalue weighted by Crippen LogP contribution is -2.25. The van der Waals surface area contributed by atoms with E-state index in [1.54, 1.807) is 13.8 Å². The maximum Gasteiger partial charge on any atom is 0.395 e. The maximum absolute atomic E-state index is 12.7. The van der Waals surface area contributed by atoms with Crippen molar-refractivity contribution in [1.29, 1.82) is 0 Å². The Labute approximate surface area is 141 Å². The average Bonchev–Trinajstić information content (AvgIpc) is 2.61. The van der Waals surface area contributed by atoms with Crippen LogP contribution in [-0.2, 0) is 27.9 Å². The Morgan fingerprint density at radius 1 is 1.21 bits per heavy atom. The van der Waals surface area contributed by atoms with Crippen LogP contribution >= 0.6 is 7.60 Å². The van der Waals surface area contributed by atoms with Crippen LogP contribution in [0.4, 0.5) is 0 Å². The molecule has 1 aromatic carbocycles. The summed E-state index contributed by atoms with van der Waals surface area (Å²) in [5.41, 5.74) is 1.79. The summed E-state index contributed by atoms with van der Waals surface area (Å²) in [6.07, 6.45) is 0.868. The Morgan fingerprint density at radius 3 is 2.38 bits per heavy atom. The monoisotopic (exact) mass is 352 g/mol. The fourth-order valence-electron chi connectivity index (χ4n) is 2.43. The van der Waals surface area contributed by atoms with Crippen molar-refractivity contribution in [1.82, 2.24) is 0 Å². The van der Waals surface area contributed by atoms with Crippen LogP contribution in [0.25, 0.3) is 5.57 Å². The summed E-state index contributed by atoms with van der Waals surface area (Å²) in [4.78, 5) is 12.4. The van der Waals surface area contributed by atoms with Gasteiger partial charge in [-0.2, -0.15) is 0 Å². The summed E-state index contributed by atoms with van der Waals surface area (Å²) >= 11 is 0. The predicted molar refractivity (Wildman–Crippen MR) is 90.2 cm³/mol. The Bertz CT molecular complexity index is 699. The normalized spacial score (nSPS) is 18.0. The second-order valence-electron chi connectivity index (χ2n) is 5.02. The molecule has 1 aliphatic heterocycles. The van der Waals surface area contributed by atoms with Gasteiger partial charge in [0.25, 0.3) is 0 Å². The Balaban J connectivity index is 2.64. The molecule has 0 fully saturated rings. The van der Waals surface area contributed by atoms with Crippen molar-refractivity contribution in [3.8, 4) is 0 Å². The average molecular weight is 352 g/mol. The van der Waals surface area contributed by atoms with Gasteiger partial charge in [0.15, 0.2) is 0 Å². The van der Waals surface area contributed by atoms with Gasteiger partial charge >= 0.3 is 13.6 Å². The van der Waals surface area contributed by atoms with Crippen LogP contribution < -0.4 is 0 Å². The van der Waals surface area contributed by atoms with Gasteiger partial charge in [-0.05, 0) is 31.1 Å². The highest BCUT2D eigenvalue weighted by Crippen LogP contribution is 2.57. The van der Waals surface area contributed by atoms with Crippen LogP contribution in [0.2, 0.25) is 0 Å². The third-order valence-electron chi connectivity index (χ3n) is 3.59. The van der Waals surface area contributed by atoms with Crippen LogP contribution in [0, 0.1) is 0 Å². The van der Waals surface area contributed by atoms with Crippen molar-refractivity contribution in [3.63, 3.8) is 0 Å². The molecule has 1 aliphatic rings. The fourth-order valence-corrected chi connectivity index (χ4v) is 3.52. The maximum atomic E-state index is 12.7. The lowest BCUT2D eigenvalue weighted by molar-refractivity contribution is -0.139. The Morgan fingerprint density at radius 2 is 1.83 bits per heavy atom. The molecule has 2 rings (SSSR count). The summed E-state index contributed by atoms with van der Waals surface area (Å²) < 4.78 is 33.5. The zero-order valence-electron chi connectivity index (χ0n) is 14.1. The van der Waals surface area contributed by atoms with Crippen molar-refractivity contribution in [2.75, 3.05) is 20.8 Å². The van der Waals surface area contributed by atoms with E-state index in [2.05, 4.69) is 0 Å². The van der Waals surface area contributed by atoms with Gasteiger partial charge in [-0.3, -0.25) is 4.57 Å². The van der Waals surface area contributed by atoms with Gasteiger partial charge in [-0.25, -0.2) is 4.79 Å². The molecule has 1 unspecified atom stereocenters. The van der Waals surface area contributed by atoms with Crippen LogP contribution in [0.5, 0.6) is 0 Å². The first kappa shape index (κ1) is 18.5. The molecule has 1 aromatic rings. The summed E-state index contributed by atoms with van der Waals surface area (Å²) in [6, 6.07) is 9.28. The number of benzene rings is 1. The number of hydrogen-bond acceptors (Lipinski definition) is 6. The van der Waals surface area contributed by atoms with Gasteiger partial charge in [0.05, 0.1) is 12.2 Å². The van der Waals surface area contributed by atoms with Gasteiger partial charge in [0.2, 0.25) is 5.50 Å². The van der Waals surface area contributed by atoms with E-state index in [1.165, 1.54) is 20.3 Å². The highest BCUT2D eigenvalue weighted by molar-refractivity contribution is 7.58. The van der Waals surface area contributed by atoms with Crippen LogP contribution in [0.3, 0.4) is 0 Å². The molecule has 1 atom stereocenters. The molecule has 24 heavy (non-hydrogen) atoms. The SMILES string of the molecule is CCOC(=O)C1=C(c2ccccc2)C=C(P(=O)(OC)OC)OC1C. The first-order valence-corrected chi connectivity index (χ1v) is 9.08. The molecule has 0 saturated carbocycles. The summed E-state index contributed by atoms with van der Waals surface area (Å²) in [7, 11) is -1.00. The van der Waals surface area contributed by atoms with Crippen LogP contribution in [0.15, 0.2) is 47.5 Å². The predicted octanol–water partition coefficient (Wildman–Crippen LogP) is 3.75. The molecule has 130 valence electrons. The highest BCUT2D eigenvalue weighted by Gasteiger charge is 2.37. The number of ether oxygens (including phenoxy) is 2. The zero-order valence-corrected chi connectivity index (χ0v) is 15.0. The van der Waals surface area contributed by atoms with Crippen LogP contribution in [-0.4, -0.2) is 32.9 Å². The van der Waals surface area contributed by atoms with Crippen molar-refractivity contribution >= 4 is 19.1 Å². The minimum absolute atomic E-state index is 0.0619. The molecular formula is C17H21O6P. The summed E-state index contributed by atoms with van der Waals surface area (Å²) in [5.74, 6) is -0.469. The molecule has 7 heteroatoms. The first-order chi connectivity index (χ1) is 11.5. The van der Waals surface area contributed by atoms with E-state index in [1.807, 2.05) is 30.3 Å². The van der Waals surface area contributed by atoms with E-state index in [4.69, 9.17) is 18.5 Å². The number of hydrogen-bond donors (Lipinski definition) is 0. The molecule has 0 N–H and O–H groups in total. The van der Waals surface area contributed by atoms with E-state index in [0.29, 0.717) is 11.1 Å². The van der Waals surface area contributed by atoms with Gasteiger partial charge in [-0.15, -0.1) is 0 Å². The van der Waals surface area contributed by atoms with E-state index in [9.17, 15) is 9.36 Å². The first-order valence-electron chi connectivity index (χ1n) is 7.54. The van der Waals surface area contributed by atoms with E-state index < -0.39 is 19.7 Å².